The molecular weight excluding hydrogens is 400 g/mol. The molecule has 0 radical (unpaired) electrons. The molecule has 1 aromatic heterocycles. The molecule has 2 aromatic carbocycles. The molecule has 168 valence electrons. The van der Waals surface area contributed by atoms with Crippen LogP contribution in [-0.2, 0) is 23.3 Å². The van der Waals surface area contributed by atoms with Crippen LogP contribution in [-0.4, -0.2) is 40.1 Å². The Morgan fingerprint density at radius 3 is 2.34 bits per heavy atom. The van der Waals surface area contributed by atoms with Gasteiger partial charge in [-0.2, -0.15) is 5.10 Å². The van der Waals surface area contributed by atoms with Crippen molar-refractivity contribution in [1.82, 2.24) is 20.0 Å². The van der Waals surface area contributed by atoms with Crippen molar-refractivity contribution in [2.75, 3.05) is 13.6 Å². The minimum atomic E-state index is -0.164. The highest BCUT2D eigenvalue weighted by atomic mass is 16.2. The highest BCUT2D eigenvalue weighted by Gasteiger charge is 2.15. The van der Waals surface area contributed by atoms with Crippen LogP contribution in [0, 0.1) is 0 Å². The Kier molecular flexibility index (Phi) is 7.46. The summed E-state index contributed by atoms with van der Waals surface area (Å²) in [5, 5.41) is 7.22. The smallest absolute Gasteiger partial charge is 0.251 e. The fourth-order valence-corrected chi connectivity index (χ4v) is 3.40. The zero-order chi connectivity index (χ0) is 23.1. The SMILES string of the molecule is CN(Cc1cnn(Cc2ccccc2)c1)C(=O)CCNC(=O)c1ccc(C(C)(C)C)cc1. The third-order valence-electron chi connectivity index (χ3n) is 5.36. The number of nitrogens with one attached hydrogen (secondary N) is 1. The number of nitrogens with zero attached hydrogens (tertiary/aromatic N) is 3. The summed E-state index contributed by atoms with van der Waals surface area (Å²) in [6.07, 6.45) is 4.00. The quantitative estimate of drug-likeness (QED) is 0.585. The molecule has 3 aromatic rings. The number of hydrogen-bond acceptors (Lipinski definition) is 3. The summed E-state index contributed by atoms with van der Waals surface area (Å²) in [4.78, 5) is 26.5. The van der Waals surface area contributed by atoms with Gasteiger partial charge in [-0.3, -0.25) is 14.3 Å². The van der Waals surface area contributed by atoms with Gasteiger partial charge >= 0.3 is 0 Å². The lowest BCUT2D eigenvalue weighted by Crippen LogP contribution is -2.31. The van der Waals surface area contributed by atoms with E-state index in [1.165, 1.54) is 11.1 Å². The molecular formula is C26H32N4O2. The number of amides is 2. The minimum Gasteiger partial charge on any atom is -0.352 e. The maximum atomic E-state index is 12.5. The van der Waals surface area contributed by atoms with Crippen LogP contribution >= 0.6 is 0 Å². The van der Waals surface area contributed by atoms with Crippen LogP contribution in [0.25, 0.3) is 0 Å². The molecule has 3 rings (SSSR count). The van der Waals surface area contributed by atoms with Crippen molar-refractivity contribution in [2.24, 2.45) is 0 Å². The Bertz CT molecular complexity index is 1030. The molecule has 1 N–H and O–H groups in total. The van der Waals surface area contributed by atoms with E-state index in [2.05, 4.69) is 43.3 Å². The van der Waals surface area contributed by atoms with Gasteiger partial charge < -0.3 is 10.2 Å². The molecule has 1 heterocycles. The number of hydrogen-bond donors (Lipinski definition) is 1. The molecule has 0 saturated carbocycles. The lowest BCUT2D eigenvalue weighted by molar-refractivity contribution is -0.130. The highest BCUT2D eigenvalue weighted by Crippen LogP contribution is 2.22. The summed E-state index contributed by atoms with van der Waals surface area (Å²) in [6.45, 7) is 7.89. The van der Waals surface area contributed by atoms with E-state index in [4.69, 9.17) is 0 Å². The predicted molar refractivity (Wildman–Crippen MR) is 126 cm³/mol. The standard InChI is InChI=1S/C26H32N4O2/c1-26(2,3)23-12-10-22(11-13-23)25(32)27-15-14-24(31)29(4)17-21-16-28-30(19-21)18-20-8-6-5-7-9-20/h5-13,16,19H,14-15,17-18H2,1-4H3,(H,27,32). The van der Waals surface area contributed by atoms with E-state index in [1.54, 1.807) is 18.1 Å². The second kappa shape index (κ2) is 10.3. The average Bonchev–Trinajstić information content (AvgIpc) is 3.20. The Labute approximate surface area is 190 Å². The molecule has 0 atom stereocenters. The normalized spacial score (nSPS) is 11.2. The zero-order valence-electron chi connectivity index (χ0n) is 19.3. The molecule has 0 unspecified atom stereocenters. The molecule has 6 heteroatoms. The Balaban J connectivity index is 1.43. The summed E-state index contributed by atoms with van der Waals surface area (Å²) in [5.41, 5.74) is 3.97. The van der Waals surface area contributed by atoms with E-state index in [-0.39, 0.29) is 23.7 Å². The van der Waals surface area contributed by atoms with E-state index in [1.807, 2.05) is 53.3 Å². The molecule has 0 fully saturated rings. The molecule has 32 heavy (non-hydrogen) atoms. The minimum absolute atomic E-state index is 0.0239. The molecule has 0 spiro atoms. The first kappa shape index (κ1) is 23.3. The van der Waals surface area contributed by atoms with E-state index >= 15 is 0 Å². The largest absolute Gasteiger partial charge is 0.352 e. The fraction of sp³-hybridized carbons (Fsp3) is 0.346. The fourth-order valence-electron chi connectivity index (χ4n) is 3.40. The van der Waals surface area contributed by atoms with Crippen LogP contribution in [0.2, 0.25) is 0 Å². The average molecular weight is 433 g/mol. The van der Waals surface area contributed by atoms with E-state index in [9.17, 15) is 9.59 Å². The lowest BCUT2D eigenvalue weighted by atomic mass is 9.87. The first-order chi connectivity index (χ1) is 15.2. The van der Waals surface area contributed by atoms with Crippen LogP contribution in [0.4, 0.5) is 0 Å². The van der Waals surface area contributed by atoms with Gasteiger partial charge in [-0.15, -0.1) is 0 Å². The number of benzene rings is 2. The van der Waals surface area contributed by atoms with E-state index in [0.29, 0.717) is 25.2 Å². The molecule has 2 amide bonds. The molecule has 0 aliphatic rings. The lowest BCUT2D eigenvalue weighted by Gasteiger charge is -2.19. The summed E-state index contributed by atoms with van der Waals surface area (Å²) in [6, 6.07) is 17.7. The number of rotatable bonds is 8. The van der Waals surface area contributed by atoms with Gasteiger partial charge in [0.2, 0.25) is 5.91 Å². The van der Waals surface area contributed by atoms with Crippen LogP contribution in [0.15, 0.2) is 67.0 Å². The van der Waals surface area contributed by atoms with Crippen molar-refractivity contribution in [1.29, 1.82) is 0 Å². The maximum absolute atomic E-state index is 12.5. The predicted octanol–water partition coefficient (Wildman–Crippen LogP) is 4.01. The zero-order valence-corrected chi connectivity index (χ0v) is 19.3. The third kappa shape index (κ3) is 6.54. The summed E-state index contributed by atoms with van der Waals surface area (Å²) in [7, 11) is 1.77. The van der Waals surface area contributed by atoms with E-state index in [0.717, 1.165) is 5.56 Å². The van der Waals surface area contributed by atoms with Gasteiger partial charge in [0.25, 0.3) is 5.91 Å². The molecule has 0 aliphatic heterocycles. The van der Waals surface area contributed by atoms with Crippen molar-refractivity contribution in [3.05, 3.63) is 89.2 Å². The van der Waals surface area contributed by atoms with Crippen molar-refractivity contribution in [3.63, 3.8) is 0 Å². The van der Waals surface area contributed by atoms with Gasteiger partial charge in [-0.25, -0.2) is 0 Å². The summed E-state index contributed by atoms with van der Waals surface area (Å²) in [5.74, 6) is -0.188. The topological polar surface area (TPSA) is 67.2 Å². The number of carbonyl (C=O) groups is 2. The van der Waals surface area contributed by atoms with Crippen molar-refractivity contribution >= 4 is 11.8 Å². The number of aromatic nitrogens is 2. The Hall–Kier alpha value is -3.41. The van der Waals surface area contributed by atoms with Crippen LogP contribution in [0.3, 0.4) is 0 Å². The van der Waals surface area contributed by atoms with Gasteiger partial charge in [-0.05, 0) is 28.7 Å². The Morgan fingerprint density at radius 1 is 1.00 bits per heavy atom. The monoisotopic (exact) mass is 432 g/mol. The maximum Gasteiger partial charge on any atom is 0.251 e. The van der Waals surface area contributed by atoms with Gasteiger partial charge in [0.15, 0.2) is 0 Å². The first-order valence-corrected chi connectivity index (χ1v) is 10.9. The van der Waals surface area contributed by atoms with E-state index < -0.39 is 0 Å². The first-order valence-electron chi connectivity index (χ1n) is 10.9. The van der Waals surface area contributed by atoms with Crippen molar-refractivity contribution in [2.45, 2.75) is 45.7 Å². The molecule has 0 saturated heterocycles. The molecule has 0 aliphatic carbocycles. The summed E-state index contributed by atoms with van der Waals surface area (Å²) < 4.78 is 1.87. The summed E-state index contributed by atoms with van der Waals surface area (Å²) >= 11 is 0. The second-order valence-corrected chi connectivity index (χ2v) is 9.11. The van der Waals surface area contributed by atoms with Gasteiger partial charge in [0.1, 0.15) is 0 Å². The second-order valence-electron chi connectivity index (χ2n) is 9.11. The van der Waals surface area contributed by atoms with Crippen molar-refractivity contribution in [3.8, 4) is 0 Å². The van der Waals surface area contributed by atoms with Gasteiger partial charge in [-0.1, -0.05) is 63.2 Å². The number of carbonyl (C=O) groups excluding carboxylic acids is 2. The highest BCUT2D eigenvalue weighted by molar-refractivity contribution is 5.94. The van der Waals surface area contributed by atoms with Gasteiger partial charge in [0, 0.05) is 43.9 Å². The van der Waals surface area contributed by atoms with Gasteiger partial charge in [0.05, 0.1) is 12.7 Å². The third-order valence-corrected chi connectivity index (χ3v) is 5.36. The molecule has 0 bridgehead atoms. The van der Waals surface area contributed by atoms with Crippen LogP contribution in [0.5, 0.6) is 0 Å². The van der Waals surface area contributed by atoms with Crippen molar-refractivity contribution < 1.29 is 9.59 Å². The molecule has 6 nitrogen and oxygen atoms in total. The Morgan fingerprint density at radius 2 is 1.69 bits per heavy atom. The van der Waals surface area contributed by atoms with Crippen LogP contribution in [0.1, 0.15) is 54.2 Å². The van der Waals surface area contributed by atoms with Crippen LogP contribution < -0.4 is 5.32 Å².